The molecule has 1 fully saturated rings. The zero-order chi connectivity index (χ0) is 10.9. The van der Waals surface area contributed by atoms with E-state index in [9.17, 15) is 4.79 Å². The minimum Gasteiger partial charge on any atom is -0.318 e. The Morgan fingerprint density at radius 2 is 2.00 bits per heavy atom. The van der Waals surface area contributed by atoms with Gasteiger partial charge in [0.05, 0.1) is 5.71 Å². The van der Waals surface area contributed by atoms with E-state index in [0.29, 0.717) is 6.42 Å². The molecular formula is C12H21NO2. The van der Waals surface area contributed by atoms with E-state index in [2.05, 4.69) is 12.1 Å². The van der Waals surface area contributed by atoms with Gasteiger partial charge in [-0.3, -0.25) is 0 Å². The minimum absolute atomic E-state index is 0.175. The molecule has 3 nitrogen and oxygen atoms in total. The van der Waals surface area contributed by atoms with Gasteiger partial charge in [0, 0.05) is 6.42 Å². The van der Waals surface area contributed by atoms with Crippen LogP contribution in [-0.2, 0) is 9.63 Å². The maximum absolute atomic E-state index is 11.2. The van der Waals surface area contributed by atoms with Gasteiger partial charge in [-0.05, 0) is 32.1 Å². The molecule has 86 valence electrons. The van der Waals surface area contributed by atoms with Gasteiger partial charge in [-0.15, -0.1) is 0 Å². The molecule has 0 N–H and O–H groups in total. The summed E-state index contributed by atoms with van der Waals surface area (Å²) in [4.78, 5) is 16.1. The smallest absolute Gasteiger partial charge is 0.318 e. The summed E-state index contributed by atoms with van der Waals surface area (Å²) in [5.41, 5.74) is 1.05. The predicted octanol–water partition coefficient (Wildman–Crippen LogP) is 3.43. The van der Waals surface area contributed by atoms with Gasteiger partial charge >= 0.3 is 5.97 Å². The Hall–Kier alpha value is -0.860. The Labute approximate surface area is 91.9 Å². The number of unbranched alkanes of at least 4 members (excludes halogenated alkanes) is 3. The van der Waals surface area contributed by atoms with Gasteiger partial charge in [-0.2, -0.15) is 0 Å². The van der Waals surface area contributed by atoms with Gasteiger partial charge in [-0.25, -0.2) is 4.79 Å². The lowest BCUT2D eigenvalue weighted by molar-refractivity contribution is -0.143. The number of carbonyl (C=O) groups is 1. The summed E-state index contributed by atoms with van der Waals surface area (Å²) in [7, 11) is 0. The first kappa shape index (κ1) is 12.2. The summed E-state index contributed by atoms with van der Waals surface area (Å²) in [6.07, 6.45) is 9.32. The highest BCUT2D eigenvalue weighted by Gasteiger charge is 2.09. The molecule has 0 bridgehead atoms. The lowest BCUT2D eigenvalue weighted by Gasteiger charge is -1.99. The summed E-state index contributed by atoms with van der Waals surface area (Å²) < 4.78 is 0. The largest absolute Gasteiger partial charge is 0.335 e. The van der Waals surface area contributed by atoms with Crippen molar-refractivity contribution in [3.05, 3.63) is 0 Å². The topological polar surface area (TPSA) is 38.7 Å². The molecule has 0 aromatic carbocycles. The molecule has 3 heteroatoms. The number of rotatable bonds is 6. The molecule has 1 aliphatic rings. The fraction of sp³-hybridized carbons (Fsp3) is 0.833. The zero-order valence-electron chi connectivity index (χ0n) is 9.63. The van der Waals surface area contributed by atoms with E-state index in [1.807, 2.05) is 0 Å². The monoisotopic (exact) mass is 211 g/mol. The lowest BCUT2D eigenvalue weighted by atomic mass is 10.2. The van der Waals surface area contributed by atoms with Crippen molar-refractivity contribution in [3.8, 4) is 0 Å². The molecule has 0 heterocycles. The van der Waals surface area contributed by atoms with Crippen LogP contribution < -0.4 is 0 Å². The SMILES string of the molecule is CCCCCCC(=O)ON=C1CCCC1. The zero-order valence-corrected chi connectivity index (χ0v) is 9.63. The van der Waals surface area contributed by atoms with E-state index >= 15 is 0 Å². The molecule has 0 spiro atoms. The standard InChI is InChI=1S/C12H21NO2/c1-2-3-4-5-10-12(14)15-13-11-8-6-7-9-11/h2-10H2,1H3. The van der Waals surface area contributed by atoms with E-state index in [-0.39, 0.29) is 5.97 Å². The number of hydrogen-bond acceptors (Lipinski definition) is 3. The molecule has 15 heavy (non-hydrogen) atoms. The summed E-state index contributed by atoms with van der Waals surface area (Å²) in [6.45, 7) is 2.16. The number of oxime groups is 1. The van der Waals surface area contributed by atoms with Gasteiger partial charge in [0.1, 0.15) is 0 Å². The van der Waals surface area contributed by atoms with E-state index < -0.39 is 0 Å². The van der Waals surface area contributed by atoms with Gasteiger partial charge in [0.2, 0.25) is 0 Å². The first-order chi connectivity index (χ1) is 7.33. The first-order valence-electron chi connectivity index (χ1n) is 6.08. The summed E-state index contributed by atoms with van der Waals surface area (Å²) in [5, 5.41) is 3.89. The van der Waals surface area contributed by atoms with Crippen LogP contribution >= 0.6 is 0 Å². The molecule has 0 unspecified atom stereocenters. The second kappa shape index (κ2) is 7.43. The van der Waals surface area contributed by atoms with Crippen LogP contribution in [0.25, 0.3) is 0 Å². The highest BCUT2D eigenvalue weighted by atomic mass is 16.7. The predicted molar refractivity (Wildman–Crippen MR) is 60.8 cm³/mol. The molecule has 0 aromatic heterocycles. The Balaban J connectivity index is 2.05. The van der Waals surface area contributed by atoms with Crippen molar-refractivity contribution in [2.75, 3.05) is 0 Å². The fourth-order valence-corrected chi connectivity index (χ4v) is 1.73. The third-order valence-electron chi connectivity index (χ3n) is 2.69. The van der Waals surface area contributed by atoms with Crippen LogP contribution in [0, 0.1) is 0 Å². The molecular weight excluding hydrogens is 190 g/mol. The number of carbonyl (C=O) groups excluding carboxylic acids is 1. The van der Waals surface area contributed by atoms with E-state index in [0.717, 1.165) is 31.4 Å². The maximum Gasteiger partial charge on any atom is 0.335 e. The van der Waals surface area contributed by atoms with Crippen molar-refractivity contribution in [3.63, 3.8) is 0 Å². The molecule has 0 aliphatic heterocycles. The maximum atomic E-state index is 11.2. The normalized spacial score (nSPS) is 15.4. The molecule has 0 radical (unpaired) electrons. The fourth-order valence-electron chi connectivity index (χ4n) is 1.73. The number of nitrogens with zero attached hydrogens (tertiary/aromatic N) is 1. The quantitative estimate of drug-likeness (QED) is 0.383. The Morgan fingerprint density at radius 1 is 1.27 bits per heavy atom. The molecule has 0 atom stereocenters. The number of hydrogen-bond donors (Lipinski definition) is 0. The van der Waals surface area contributed by atoms with Gasteiger partial charge in [0.25, 0.3) is 0 Å². The van der Waals surface area contributed by atoms with Crippen LogP contribution in [0.15, 0.2) is 5.16 Å². The second-order valence-electron chi connectivity index (χ2n) is 4.14. The highest BCUT2D eigenvalue weighted by molar-refractivity contribution is 5.86. The lowest BCUT2D eigenvalue weighted by Crippen LogP contribution is -2.01. The van der Waals surface area contributed by atoms with Crippen molar-refractivity contribution in [2.24, 2.45) is 5.16 Å². The van der Waals surface area contributed by atoms with E-state index in [4.69, 9.17) is 4.84 Å². The van der Waals surface area contributed by atoms with Gasteiger partial charge in [-0.1, -0.05) is 31.3 Å². The molecule has 1 aliphatic carbocycles. The van der Waals surface area contributed by atoms with Crippen LogP contribution in [0.2, 0.25) is 0 Å². The van der Waals surface area contributed by atoms with Crippen LogP contribution in [0.3, 0.4) is 0 Å². The molecule has 1 saturated carbocycles. The van der Waals surface area contributed by atoms with Crippen molar-refractivity contribution < 1.29 is 9.63 Å². The third kappa shape index (κ3) is 5.55. The van der Waals surface area contributed by atoms with Gasteiger partial charge < -0.3 is 4.84 Å². The Morgan fingerprint density at radius 3 is 2.67 bits per heavy atom. The third-order valence-corrected chi connectivity index (χ3v) is 2.69. The van der Waals surface area contributed by atoms with Crippen LogP contribution in [-0.4, -0.2) is 11.7 Å². The molecule has 0 saturated heterocycles. The average molecular weight is 211 g/mol. The van der Waals surface area contributed by atoms with Crippen molar-refractivity contribution >= 4 is 11.7 Å². The van der Waals surface area contributed by atoms with Crippen molar-refractivity contribution in [2.45, 2.75) is 64.7 Å². The molecule has 0 aromatic rings. The average Bonchev–Trinajstić information content (AvgIpc) is 2.74. The Bertz CT molecular complexity index is 216. The Kier molecular flexibility index (Phi) is 6.05. The van der Waals surface area contributed by atoms with E-state index in [1.54, 1.807) is 0 Å². The summed E-state index contributed by atoms with van der Waals surface area (Å²) in [5.74, 6) is -0.175. The summed E-state index contributed by atoms with van der Waals surface area (Å²) in [6, 6.07) is 0. The molecule has 1 rings (SSSR count). The molecule has 0 amide bonds. The van der Waals surface area contributed by atoms with Crippen LogP contribution in [0.4, 0.5) is 0 Å². The highest BCUT2D eigenvalue weighted by Crippen LogP contribution is 2.14. The minimum atomic E-state index is -0.175. The van der Waals surface area contributed by atoms with Crippen molar-refractivity contribution in [1.29, 1.82) is 0 Å². The summed E-state index contributed by atoms with van der Waals surface area (Å²) >= 11 is 0. The van der Waals surface area contributed by atoms with E-state index in [1.165, 1.54) is 25.7 Å². The van der Waals surface area contributed by atoms with Crippen LogP contribution in [0.5, 0.6) is 0 Å². The van der Waals surface area contributed by atoms with Crippen molar-refractivity contribution in [1.82, 2.24) is 0 Å². The second-order valence-corrected chi connectivity index (χ2v) is 4.14. The first-order valence-corrected chi connectivity index (χ1v) is 6.08. The van der Waals surface area contributed by atoms with Crippen LogP contribution in [0.1, 0.15) is 64.7 Å². The van der Waals surface area contributed by atoms with Gasteiger partial charge in [0.15, 0.2) is 0 Å².